The Morgan fingerprint density at radius 2 is 1.53 bits per heavy atom. The Morgan fingerprint density at radius 3 is 2.28 bits per heavy atom. The average molecular weight is 426 g/mol. The van der Waals surface area contributed by atoms with Crippen LogP contribution >= 0.6 is 0 Å². The van der Waals surface area contributed by atoms with E-state index < -0.39 is 0 Å². The van der Waals surface area contributed by atoms with Crippen LogP contribution < -0.4 is 5.32 Å². The molecule has 162 valence electrons. The van der Waals surface area contributed by atoms with Gasteiger partial charge in [0, 0.05) is 55.1 Å². The standard InChI is InChI=1S/C27H27N3O2/c1-29-14-16-30(17-15-29)13-12-19-6-9-21(10-7-19)28-27(32)20-8-11-23-22-4-2-3-5-24(22)26(31)25(23)18-20/h2-11,18H,12-17H2,1H3,(H,28,32). The molecule has 0 spiro atoms. The first-order valence-electron chi connectivity index (χ1n) is 11.2. The van der Waals surface area contributed by atoms with Gasteiger partial charge in [0.2, 0.25) is 0 Å². The lowest BCUT2D eigenvalue weighted by Crippen LogP contribution is -2.45. The van der Waals surface area contributed by atoms with E-state index in [0.29, 0.717) is 16.7 Å². The van der Waals surface area contributed by atoms with Gasteiger partial charge in [0.05, 0.1) is 0 Å². The summed E-state index contributed by atoms with van der Waals surface area (Å²) in [6.07, 6.45) is 1.01. The first-order chi connectivity index (χ1) is 15.6. The van der Waals surface area contributed by atoms with E-state index in [1.165, 1.54) is 5.56 Å². The molecule has 1 heterocycles. The summed E-state index contributed by atoms with van der Waals surface area (Å²) in [5.74, 6) is -0.225. The number of hydrogen-bond donors (Lipinski definition) is 1. The largest absolute Gasteiger partial charge is 0.322 e. The van der Waals surface area contributed by atoms with Crippen LogP contribution in [0.4, 0.5) is 5.69 Å². The summed E-state index contributed by atoms with van der Waals surface area (Å²) in [6.45, 7) is 5.57. The van der Waals surface area contributed by atoms with E-state index in [1.807, 2.05) is 42.5 Å². The van der Waals surface area contributed by atoms with Crippen molar-refractivity contribution in [3.8, 4) is 11.1 Å². The number of anilines is 1. The molecule has 3 aromatic carbocycles. The number of nitrogens with one attached hydrogen (secondary N) is 1. The number of hydrogen-bond acceptors (Lipinski definition) is 4. The lowest BCUT2D eigenvalue weighted by Gasteiger charge is -2.32. The second-order valence-electron chi connectivity index (χ2n) is 8.68. The molecule has 2 aliphatic rings. The van der Waals surface area contributed by atoms with Crippen molar-refractivity contribution in [3.05, 3.63) is 89.0 Å². The van der Waals surface area contributed by atoms with E-state index in [-0.39, 0.29) is 11.7 Å². The van der Waals surface area contributed by atoms with E-state index >= 15 is 0 Å². The average Bonchev–Trinajstić information content (AvgIpc) is 3.11. The Hall–Kier alpha value is -3.28. The first kappa shape index (κ1) is 20.6. The maximum absolute atomic E-state index is 12.8. The van der Waals surface area contributed by atoms with Gasteiger partial charge in [0.15, 0.2) is 5.78 Å². The van der Waals surface area contributed by atoms with Crippen molar-refractivity contribution in [2.24, 2.45) is 0 Å². The lowest BCUT2D eigenvalue weighted by molar-refractivity contribution is 0.102. The number of carbonyl (C=O) groups is 2. The van der Waals surface area contributed by atoms with Gasteiger partial charge in [0.1, 0.15) is 0 Å². The quantitative estimate of drug-likeness (QED) is 0.526. The fraction of sp³-hybridized carbons (Fsp3) is 0.259. The summed E-state index contributed by atoms with van der Waals surface area (Å²) in [5, 5.41) is 2.96. The van der Waals surface area contributed by atoms with Gasteiger partial charge in [0.25, 0.3) is 5.91 Å². The summed E-state index contributed by atoms with van der Waals surface area (Å²) >= 11 is 0. The fourth-order valence-corrected chi connectivity index (χ4v) is 4.49. The second-order valence-corrected chi connectivity index (χ2v) is 8.68. The molecule has 32 heavy (non-hydrogen) atoms. The molecule has 1 aliphatic heterocycles. The maximum Gasteiger partial charge on any atom is 0.255 e. The molecule has 5 rings (SSSR count). The number of fused-ring (bicyclic) bond motifs is 3. The summed E-state index contributed by atoms with van der Waals surface area (Å²) < 4.78 is 0. The zero-order valence-electron chi connectivity index (χ0n) is 18.3. The molecule has 1 aliphatic carbocycles. The third-order valence-corrected chi connectivity index (χ3v) is 6.51. The summed E-state index contributed by atoms with van der Waals surface area (Å²) in [5.41, 5.74) is 5.64. The number of likely N-dealkylation sites (N-methyl/N-ethyl adjacent to an activating group) is 1. The predicted molar refractivity (Wildman–Crippen MR) is 127 cm³/mol. The zero-order valence-corrected chi connectivity index (χ0v) is 18.3. The van der Waals surface area contributed by atoms with E-state index in [1.54, 1.807) is 12.1 Å². The third-order valence-electron chi connectivity index (χ3n) is 6.51. The van der Waals surface area contributed by atoms with Crippen LogP contribution in [0.3, 0.4) is 0 Å². The Labute approximate surface area is 188 Å². The Bertz CT molecular complexity index is 1160. The van der Waals surface area contributed by atoms with Crippen LogP contribution in [0, 0.1) is 0 Å². The van der Waals surface area contributed by atoms with Gasteiger partial charge in [-0.3, -0.25) is 9.59 Å². The lowest BCUT2D eigenvalue weighted by atomic mass is 10.0. The van der Waals surface area contributed by atoms with E-state index in [4.69, 9.17) is 0 Å². The van der Waals surface area contributed by atoms with Crippen molar-refractivity contribution < 1.29 is 9.59 Å². The molecule has 1 amide bonds. The van der Waals surface area contributed by atoms with E-state index in [0.717, 1.165) is 56.0 Å². The van der Waals surface area contributed by atoms with Crippen molar-refractivity contribution in [3.63, 3.8) is 0 Å². The normalized spacial score (nSPS) is 16.0. The van der Waals surface area contributed by atoms with Gasteiger partial charge in [-0.05, 0) is 54.4 Å². The fourth-order valence-electron chi connectivity index (χ4n) is 4.49. The third kappa shape index (κ3) is 4.09. The van der Waals surface area contributed by atoms with Crippen molar-refractivity contribution in [1.29, 1.82) is 0 Å². The molecule has 5 heteroatoms. The minimum Gasteiger partial charge on any atom is -0.322 e. The minimum atomic E-state index is -0.207. The zero-order chi connectivity index (χ0) is 22.1. The van der Waals surface area contributed by atoms with Crippen LogP contribution in [0.15, 0.2) is 66.7 Å². The number of benzene rings is 3. The number of ketones is 1. The van der Waals surface area contributed by atoms with E-state index in [2.05, 4.69) is 34.3 Å². The van der Waals surface area contributed by atoms with Gasteiger partial charge in [-0.1, -0.05) is 42.5 Å². The van der Waals surface area contributed by atoms with Gasteiger partial charge in [-0.25, -0.2) is 0 Å². The topological polar surface area (TPSA) is 52.6 Å². The molecule has 1 saturated heterocycles. The Balaban J connectivity index is 1.22. The molecule has 0 bridgehead atoms. The van der Waals surface area contributed by atoms with Crippen LogP contribution in [0.1, 0.15) is 31.8 Å². The summed E-state index contributed by atoms with van der Waals surface area (Å²) in [6, 6.07) is 21.0. The molecule has 0 aromatic heterocycles. The van der Waals surface area contributed by atoms with Crippen LogP contribution in [0.5, 0.6) is 0 Å². The Morgan fingerprint density at radius 1 is 0.844 bits per heavy atom. The van der Waals surface area contributed by atoms with Gasteiger partial charge in [-0.2, -0.15) is 0 Å². The van der Waals surface area contributed by atoms with Crippen LogP contribution in [-0.4, -0.2) is 61.3 Å². The van der Waals surface area contributed by atoms with Crippen LogP contribution in [0.2, 0.25) is 0 Å². The molecule has 0 atom stereocenters. The highest BCUT2D eigenvalue weighted by Gasteiger charge is 2.27. The number of amides is 1. The maximum atomic E-state index is 12.8. The highest BCUT2D eigenvalue weighted by atomic mass is 16.1. The summed E-state index contributed by atoms with van der Waals surface area (Å²) in [7, 11) is 2.17. The number of rotatable bonds is 5. The SMILES string of the molecule is CN1CCN(CCc2ccc(NC(=O)c3ccc4c(c3)C(=O)c3ccccc3-4)cc2)CC1. The van der Waals surface area contributed by atoms with Gasteiger partial charge >= 0.3 is 0 Å². The number of piperazine rings is 1. The van der Waals surface area contributed by atoms with Crippen molar-refractivity contribution >= 4 is 17.4 Å². The smallest absolute Gasteiger partial charge is 0.255 e. The first-order valence-corrected chi connectivity index (χ1v) is 11.2. The van der Waals surface area contributed by atoms with Crippen molar-refractivity contribution in [2.45, 2.75) is 6.42 Å². The van der Waals surface area contributed by atoms with Gasteiger partial charge in [-0.15, -0.1) is 0 Å². The van der Waals surface area contributed by atoms with Crippen LogP contribution in [-0.2, 0) is 6.42 Å². The highest BCUT2D eigenvalue weighted by Crippen LogP contribution is 2.36. The molecule has 0 saturated carbocycles. The van der Waals surface area contributed by atoms with Crippen molar-refractivity contribution in [1.82, 2.24) is 9.80 Å². The van der Waals surface area contributed by atoms with Gasteiger partial charge < -0.3 is 15.1 Å². The summed E-state index contributed by atoms with van der Waals surface area (Å²) in [4.78, 5) is 30.4. The molecule has 3 aromatic rings. The van der Waals surface area contributed by atoms with Crippen molar-refractivity contribution in [2.75, 3.05) is 45.1 Å². The number of carbonyl (C=O) groups excluding carboxylic acids is 2. The molecule has 1 N–H and O–H groups in total. The van der Waals surface area contributed by atoms with Crippen LogP contribution in [0.25, 0.3) is 11.1 Å². The minimum absolute atomic E-state index is 0.0186. The predicted octanol–water partition coefficient (Wildman–Crippen LogP) is 3.94. The van der Waals surface area contributed by atoms with E-state index in [9.17, 15) is 9.59 Å². The molecule has 1 fully saturated rings. The molecular formula is C27H27N3O2. The highest BCUT2D eigenvalue weighted by molar-refractivity contribution is 6.22. The Kier molecular flexibility index (Phi) is 5.60. The number of nitrogens with zero attached hydrogens (tertiary/aromatic N) is 2. The molecule has 5 nitrogen and oxygen atoms in total. The molecular weight excluding hydrogens is 398 g/mol. The monoisotopic (exact) mass is 425 g/mol. The molecule has 0 unspecified atom stereocenters. The second kappa shape index (κ2) is 8.69. The molecule has 0 radical (unpaired) electrons.